The van der Waals surface area contributed by atoms with Crippen molar-refractivity contribution in [2.75, 3.05) is 0 Å². The molecular weight excluding hydrogens is 148 g/mol. The molecule has 0 aromatic heterocycles. The number of hydrogen-bond donors (Lipinski definition) is 0. The van der Waals surface area contributed by atoms with E-state index in [9.17, 15) is 0 Å². The zero-order chi connectivity index (χ0) is 8.55. The average molecular weight is 162 g/mol. The van der Waals surface area contributed by atoms with Gasteiger partial charge in [-0.3, -0.25) is 0 Å². The highest BCUT2D eigenvalue weighted by molar-refractivity contribution is 5.41. The van der Waals surface area contributed by atoms with Gasteiger partial charge in [-0.2, -0.15) is 0 Å². The molecule has 2 unspecified atom stereocenters. The second-order valence-electron chi connectivity index (χ2n) is 3.59. The maximum Gasteiger partial charge on any atom is 0.123 e. The first-order valence-corrected chi connectivity index (χ1v) is 4.53. The third-order valence-corrected chi connectivity index (χ3v) is 2.28. The van der Waals surface area contributed by atoms with Gasteiger partial charge in [-0.25, -0.2) is 0 Å². The summed E-state index contributed by atoms with van der Waals surface area (Å²) < 4.78 is 5.64. The highest BCUT2D eigenvalue weighted by atomic mass is 16.5. The highest BCUT2D eigenvalue weighted by Crippen LogP contribution is 2.28. The smallest absolute Gasteiger partial charge is 0.123 e. The summed E-state index contributed by atoms with van der Waals surface area (Å²) in [4.78, 5) is 0. The Bertz CT molecular complexity index is 271. The first kappa shape index (κ1) is 7.66. The summed E-state index contributed by atoms with van der Waals surface area (Å²) in [5.74, 6) is 1.73. The Kier molecular flexibility index (Phi) is 1.80. The predicted molar refractivity (Wildman–Crippen MR) is 49.6 cm³/mol. The van der Waals surface area contributed by atoms with Crippen LogP contribution in [0, 0.1) is 5.92 Å². The Balaban J connectivity index is 2.29. The summed E-state index contributed by atoms with van der Waals surface area (Å²) >= 11 is 0. The standard InChI is InChI=1S/C11H14O/c1-8-3-6-11-10(7-8)5-4-9(2)12-11/h4-9H,3H2,1-2H3. The maximum absolute atomic E-state index is 5.64. The maximum atomic E-state index is 5.64. The van der Waals surface area contributed by atoms with Gasteiger partial charge in [0.2, 0.25) is 0 Å². The van der Waals surface area contributed by atoms with Crippen molar-refractivity contribution in [3.8, 4) is 0 Å². The van der Waals surface area contributed by atoms with Gasteiger partial charge >= 0.3 is 0 Å². The largest absolute Gasteiger partial charge is 0.486 e. The van der Waals surface area contributed by atoms with Crippen molar-refractivity contribution in [1.29, 1.82) is 0 Å². The molecule has 1 nitrogen and oxygen atoms in total. The quantitative estimate of drug-likeness (QED) is 0.532. The van der Waals surface area contributed by atoms with E-state index in [-0.39, 0.29) is 6.10 Å². The fraction of sp³-hybridized carbons (Fsp3) is 0.455. The number of hydrogen-bond acceptors (Lipinski definition) is 1. The van der Waals surface area contributed by atoms with E-state index in [1.54, 1.807) is 0 Å². The van der Waals surface area contributed by atoms with Gasteiger partial charge in [0.05, 0.1) is 0 Å². The van der Waals surface area contributed by atoms with E-state index >= 15 is 0 Å². The minimum Gasteiger partial charge on any atom is -0.486 e. The summed E-state index contributed by atoms with van der Waals surface area (Å²) in [6.07, 6.45) is 10.1. The minimum absolute atomic E-state index is 0.238. The molecule has 0 aromatic rings. The van der Waals surface area contributed by atoms with Gasteiger partial charge in [-0.1, -0.05) is 19.1 Å². The molecule has 2 aliphatic rings. The first-order chi connectivity index (χ1) is 5.75. The van der Waals surface area contributed by atoms with E-state index in [0.29, 0.717) is 5.92 Å². The molecule has 1 aliphatic heterocycles. The monoisotopic (exact) mass is 162 g/mol. The van der Waals surface area contributed by atoms with E-state index in [1.165, 1.54) is 5.57 Å². The fourth-order valence-electron chi connectivity index (χ4n) is 1.60. The molecule has 0 amide bonds. The van der Waals surface area contributed by atoms with Crippen molar-refractivity contribution in [2.45, 2.75) is 26.4 Å². The second-order valence-corrected chi connectivity index (χ2v) is 3.59. The van der Waals surface area contributed by atoms with Gasteiger partial charge in [0.1, 0.15) is 11.9 Å². The molecule has 1 heteroatoms. The normalized spacial score (nSPS) is 33.2. The molecule has 0 radical (unpaired) electrons. The summed E-state index contributed by atoms with van der Waals surface area (Å²) in [5.41, 5.74) is 1.26. The van der Waals surface area contributed by atoms with Gasteiger partial charge in [0, 0.05) is 5.57 Å². The second kappa shape index (κ2) is 2.81. The topological polar surface area (TPSA) is 9.23 Å². The Morgan fingerprint density at radius 3 is 3.08 bits per heavy atom. The molecule has 0 fully saturated rings. The number of allylic oxidation sites excluding steroid dienone is 3. The fourth-order valence-corrected chi connectivity index (χ4v) is 1.60. The van der Waals surface area contributed by atoms with E-state index in [0.717, 1.165) is 12.2 Å². The van der Waals surface area contributed by atoms with Gasteiger partial charge in [-0.05, 0) is 31.4 Å². The van der Waals surface area contributed by atoms with Crippen molar-refractivity contribution in [3.05, 3.63) is 35.6 Å². The van der Waals surface area contributed by atoms with E-state index in [1.807, 2.05) is 0 Å². The third kappa shape index (κ3) is 1.31. The lowest BCUT2D eigenvalue weighted by atomic mass is 9.95. The van der Waals surface area contributed by atoms with Crippen LogP contribution in [0.4, 0.5) is 0 Å². The van der Waals surface area contributed by atoms with Crippen LogP contribution in [0.3, 0.4) is 0 Å². The van der Waals surface area contributed by atoms with Crippen molar-refractivity contribution < 1.29 is 4.74 Å². The van der Waals surface area contributed by atoms with E-state index in [2.05, 4.69) is 38.2 Å². The average Bonchev–Trinajstić information content (AvgIpc) is 2.05. The van der Waals surface area contributed by atoms with Crippen LogP contribution in [0.15, 0.2) is 35.6 Å². The van der Waals surface area contributed by atoms with E-state index in [4.69, 9.17) is 4.74 Å². The first-order valence-electron chi connectivity index (χ1n) is 4.53. The summed E-state index contributed by atoms with van der Waals surface area (Å²) in [5, 5.41) is 0. The minimum atomic E-state index is 0.238. The molecule has 0 aromatic carbocycles. The molecule has 0 N–H and O–H groups in total. The van der Waals surface area contributed by atoms with Crippen molar-refractivity contribution in [1.82, 2.24) is 0 Å². The zero-order valence-electron chi connectivity index (χ0n) is 7.58. The van der Waals surface area contributed by atoms with Crippen LogP contribution in [-0.4, -0.2) is 6.10 Å². The lowest BCUT2D eigenvalue weighted by molar-refractivity contribution is 0.169. The van der Waals surface area contributed by atoms with Crippen LogP contribution in [0.25, 0.3) is 0 Å². The molecule has 0 bridgehead atoms. The molecule has 64 valence electrons. The van der Waals surface area contributed by atoms with E-state index < -0.39 is 0 Å². The zero-order valence-corrected chi connectivity index (χ0v) is 7.58. The molecule has 0 saturated carbocycles. The van der Waals surface area contributed by atoms with Gasteiger partial charge in [0.25, 0.3) is 0 Å². The molecule has 0 spiro atoms. The van der Waals surface area contributed by atoms with Crippen LogP contribution >= 0.6 is 0 Å². The number of ether oxygens (including phenoxy) is 1. The third-order valence-electron chi connectivity index (χ3n) is 2.28. The Hall–Kier alpha value is -0.980. The Labute approximate surface area is 73.4 Å². The van der Waals surface area contributed by atoms with Crippen molar-refractivity contribution >= 4 is 0 Å². The van der Waals surface area contributed by atoms with Gasteiger partial charge < -0.3 is 4.74 Å². The highest BCUT2D eigenvalue weighted by Gasteiger charge is 2.16. The summed E-state index contributed by atoms with van der Waals surface area (Å²) in [6.45, 7) is 4.29. The van der Waals surface area contributed by atoms with Crippen LogP contribution < -0.4 is 0 Å². The molecule has 12 heavy (non-hydrogen) atoms. The molecule has 1 aliphatic carbocycles. The molecule has 1 heterocycles. The Morgan fingerprint density at radius 1 is 1.42 bits per heavy atom. The molecule has 0 saturated heterocycles. The Morgan fingerprint density at radius 2 is 2.25 bits per heavy atom. The SMILES string of the molecule is CC1C=C2C=CC(C)OC2=CC1. The molecule has 2 atom stereocenters. The lowest BCUT2D eigenvalue weighted by Crippen LogP contribution is -2.13. The number of rotatable bonds is 0. The lowest BCUT2D eigenvalue weighted by Gasteiger charge is -2.24. The predicted octanol–water partition coefficient (Wildman–Crippen LogP) is 2.81. The van der Waals surface area contributed by atoms with Crippen LogP contribution in [0.1, 0.15) is 20.3 Å². The van der Waals surface area contributed by atoms with Gasteiger partial charge in [0.15, 0.2) is 0 Å². The van der Waals surface area contributed by atoms with Crippen LogP contribution in [0.2, 0.25) is 0 Å². The molecular formula is C11H14O. The number of fused-ring (bicyclic) bond motifs is 1. The van der Waals surface area contributed by atoms with Crippen molar-refractivity contribution in [2.24, 2.45) is 5.92 Å². The van der Waals surface area contributed by atoms with Crippen LogP contribution in [-0.2, 0) is 4.74 Å². The van der Waals surface area contributed by atoms with Gasteiger partial charge in [-0.15, -0.1) is 0 Å². The van der Waals surface area contributed by atoms with Crippen LogP contribution in [0.5, 0.6) is 0 Å². The molecule has 2 rings (SSSR count). The summed E-state index contributed by atoms with van der Waals surface area (Å²) in [7, 11) is 0. The summed E-state index contributed by atoms with van der Waals surface area (Å²) in [6, 6.07) is 0. The van der Waals surface area contributed by atoms with Crippen molar-refractivity contribution in [3.63, 3.8) is 0 Å².